The maximum atomic E-state index is 11.9. The van der Waals surface area contributed by atoms with Crippen LogP contribution < -0.4 is 0 Å². The summed E-state index contributed by atoms with van der Waals surface area (Å²) in [6.07, 6.45) is 5.20. The van der Waals surface area contributed by atoms with Gasteiger partial charge in [0.2, 0.25) is 5.91 Å². The highest BCUT2D eigenvalue weighted by atomic mass is 16.2. The average molecular weight is 296 g/mol. The lowest BCUT2D eigenvalue weighted by Gasteiger charge is -2.41. The molecule has 22 heavy (non-hydrogen) atoms. The van der Waals surface area contributed by atoms with Gasteiger partial charge in [-0.2, -0.15) is 0 Å². The number of piperazine rings is 1. The largest absolute Gasteiger partial charge is 0.333 e. The SMILES string of the molecule is CC(=O)N1CCN(Cc2cnccn2)CC1c1ccccc1. The van der Waals surface area contributed by atoms with Crippen LogP contribution in [-0.2, 0) is 11.3 Å². The van der Waals surface area contributed by atoms with Crippen LogP contribution in [0.2, 0.25) is 0 Å². The molecule has 1 atom stereocenters. The summed E-state index contributed by atoms with van der Waals surface area (Å²) in [7, 11) is 0. The van der Waals surface area contributed by atoms with Crippen LogP contribution in [-0.4, -0.2) is 45.3 Å². The van der Waals surface area contributed by atoms with Crippen LogP contribution in [0.15, 0.2) is 48.9 Å². The minimum atomic E-state index is 0.101. The number of aromatic nitrogens is 2. The summed E-state index contributed by atoms with van der Waals surface area (Å²) in [5.41, 5.74) is 2.15. The van der Waals surface area contributed by atoms with Gasteiger partial charge >= 0.3 is 0 Å². The lowest BCUT2D eigenvalue weighted by Crippen LogP contribution is -2.49. The summed E-state index contributed by atoms with van der Waals surface area (Å²) < 4.78 is 0. The summed E-state index contributed by atoms with van der Waals surface area (Å²) in [5, 5.41) is 0. The number of carbonyl (C=O) groups is 1. The van der Waals surface area contributed by atoms with Gasteiger partial charge in [-0.1, -0.05) is 30.3 Å². The van der Waals surface area contributed by atoms with E-state index in [4.69, 9.17) is 0 Å². The molecule has 1 saturated heterocycles. The van der Waals surface area contributed by atoms with Crippen molar-refractivity contribution < 1.29 is 4.79 Å². The first kappa shape index (κ1) is 14.7. The Morgan fingerprint density at radius 3 is 2.73 bits per heavy atom. The zero-order valence-corrected chi connectivity index (χ0v) is 12.7. The zero-order chi connectivity index (χ0) is 15.4. The number of nitrogens with zero attached hydrogens (tertiary/aromatic N) is 4. The Labute approximate surface area is 130 Å². The summed E-state index contributed by atoms with van der Waals surface area (Å²) >= 11 is 0. The fourth-order valence-electron chi connectivity index (χ4n) is 2.96. The fraction of sp³-hybridized carbons (Fsp3) is 0.353. The number of benzene rings is 1. The smallest absolute Gasteiger partial charge is 0.220 e. The molecular formula is C17H20N4O. The van der Waals surface area contributed by atoms with E-state index in [2.05, 4.69) is 27.0 Å². The second kappa shape index (κ2) is 6.66. The van der Waals surface area contributed by atoms with Gasteiger partial charge in [-0.15, -0.1) is 0 Å². The predicted octanol–water partition coefficient (Wildman–Crippen LogP) is 1.88. The molecule has 2 aromatic rings. The summed E-state index contributed by atoms with van der Waals surface area (Å²) in [4.78, 5) is 24.7. The molecule has 1 aliphatic rings. The molecule has 0 aliphatic carbocycles. The Hall–Kier alpha value is -2.27. The Balaban J connectivity index is 1.77. The van der Waals surface area contributed by atoms with E-state index in [1.54, 1.807) is 25.5 Å². The molecule has 1 amide bonds. The molecule has 1 aromatic heterocycles. The Bertz CT molecular complexity index is 617. The quantitative estimate of drug-likeness (QED) is 0.868. The van der Waals surface area contributed by atoms with Crippen molar-refractivity contribution in [3.63, 3.8) is 0 Å². The van der Waals surface area contributed by atoms with Crippen molar-refractivity contribution in [1.82, 2.24) is 19.8 Å². The Morgan fingerprint density at radius 1 is 1.23 bits per heavy atom. The first-order valence-corrected chi connectivity index (χ1v) is 7.53. The molecule has 0 N–H and O–H groups in total. The highest BCUT2D eigenvalue weighted by Gasteiger charge is 2.29. The van der Waals surface area contributed by atoms with Crippen molar-refractivity contribution >= 4 is 5.91 Å². The summed E-state index contributed by atoms with van der Waals surface area (Å²) in [6.45, 7) is 4.84. The Morgan fingerprint density at radius 2 is 2.05 bits per heavy atom. The lowest BCUT2D eigenvalue weighted by atomic mass is 10.0. The van der Waals surface area contributed by atoms with E-state index in [0.29, 0.717) is 0 Å². The van der Waals surface area contributed by atoms with Crippen LogP contribution in [0.25, 0.3) is 0 Å². The van der Waals surface area contributed by atoms with Crippen LogP contribution in [0.5, 0.6) is 0 Å². The molecule has 3 rings (SSSR count). The van der Waals surface area contributed by atoms with Gasteiger partial charge in [-0.3, -0.25) is 19.7 Å². The number of carbonyl (C=O) groups excluding carboxylic acids is 1. The van der Waals surface area contributed by atoms with E-state index < -0.39 is 0 Å². The van der Waals surface area contributed by atoms with Gasteiger partial charge in [0, 0.05) is 51.7 Å². The van der Waals surface area contributed by atoms with Gasteiger partial charge in [0.05, 0.1) is 11.7 Å². The first-order chi connectivity index (χ1) is 10.7. The number of hydrogen-bond acceptors (Lipinski definition) is 4. The minimum absolute atomic E-state index is 0.101. The maximum absolute atomic E-state index is 11.9. The van der Waals surface area contributed by atoms with Gasteiger partial charge in [0.15, 0.2) is 0 Å². The van der Waals surface area contributed by atoms with Crippen molar-refractivity contribution in [2.24, 2.45) is 0 Å². The molecule has 0 radical (unpaired) electrons. The highest BCUT2D eigenvalue weighted by Crippen LogP contribution is 2.26. The monoisotopic (exact) mass is 296 g/mol. The molecule has 1 aliphatic heterocycles. The third kappa shape index (κ3) is 3.31. The molecule has 1 fully saturated rings. The predicted molar refractivity (Wildman–Crippen MR) is 83.9 cm³/mol. The minimum Gasteiger partial charge on any atom is -0.333 e. The van der Waals surface area contributed by atoms with Gasteiger partial charge in [-0.05, 0) is 5.56 Å². The van der Waals surface area contributed by atoms with Crippen molar-refractivity contribution in [3.8, 4) is 0 Å². The van der Waals surface area contributed by atoms with Crippen molar-refractivity contribution in [2.45, 2.75) is 19.5 Å². The number of hydrogen-bond donors (Lipinski definition) is 0. The van der Waals surface area contributed by atoms with Crippen LogP contribution in [0, 0.1) is 0 Å². The summed E-state index contributed by atoms with van der Waals surface area (Å²) in [6, 6.07) is 10.3. The first-order valence-electron chi connectivity index (χ1n) is 7.53. The molecular weight excluding hydrogens is 276 g/mol. The Kier molecular flexibility index (Phi) is 4.44. The highest BCUT2D eigenvalue weighted by molar-refractivity contribution is 5.74. The molecule has 0 bridgehead atoms. The van der Waals surface area contributed by atoms with Gasteiger partial charge < -0.3 is 4.90 Å². The van der Waals surface area contributed by atoms with Crippen molar-refractivity contribution in [1.29, 1.82) is 0 Å². The van der Waals surface area contributed by atoms with Crippen molar-refractivity contribution in [2.75, 3.05) is 19.6 Å². The maximum Gasteiger partial charge on any atom is 0.220 e. The van der Waals surface area contributed by atoms with E-state index in [9.17, 15) is 4.79 Å². The zero-order valence-electron chi connectivity index (χ0n) is 12.7. The standard InChI is InChI=1S/C17H20N4O/c1-14(22)21-10-9-20(12-16-11-18-7-8-19-16)13-17(21)15-5-3-2-4-6-15/h2-8,11,17H,9-10,12-13H2,1H3. The van der Waals surface area contributed by atoms with Gasteiger partial charge in [-0.25, -0.2) is 0 Å². The average Bonchev–Trinajstić information content (AvgIpc) is 2.56. The second-order valence-electron chi connectivity index (χ2n) is 5.57. The fourth-order valence-corrected chi connectivity index (χ4v) is 2.96. The lowest BCUT2D eigenvalue weighted by molar-refractivity contribution is -0.134. The second-order valence-corrected chi connectivity index (χ2v) is 5.57. The van der Waals surface area contributed by atoms with Gasteiger partial charge in [0.25, 0.3) is 0 Å². The molecule has 0 spiro atoms. The van der Waals surface area contributed by atoms with Crippen LogP contribution in [0.1, 0.15) is 24.2 Å². The normalized spacial score (nSPS) is 19.1. The molecule has 0 saturated carbocycles. The summed E-state index contributed by atoms with van der Waals surface area (Å²) in [5.74, 6) is 0.132. The van der Waals surface area contributed by atoms with Crippen molar-refractivity contribution in [3.05, 3.63) is 60.2 Å². The topological polar surface area (TPSA) is 49.3 Å². The van der Waals surface area contributed by atoms with E-state index in [0.717, 1.165) is 31.9 Å². The van der Waals surface area contributed by atoms with Crippen LogP contribution in [0.4, 0.5) is 0 Å². The molecule has 2 heterocycles. The molecule has 1 unspecified atom stereocenters. The van der Waals surface area contributed by atoms with E-state index in [1.807, 2.05) is 23.1 Å². The van der Waals surface area contributed by atoms with Gasteiger partial charge in [0.1, 0.15) is 0 Å². The third-order valence-corrected chi connectivity index (χ3v) is 4.06. The number of rotatable bonds is 3. The molecule has 1 aromatic carbocycles. The molecule has 5 heteroatoms. The van der Waals surface area contributed by atoms with E-state index in [-0.39, 0.29) is 11.9 Å². The molecule has 5 nitrogen and oxygen atoms in total. The van der Waals surface area contributed by atoms with E-state index in [1.165, 1.54) is 5.56 Å². The number of amides is 1. The molecule has 114 valence electrons. The van der Waals surface area contributed by atoms with Crippen LogP contribution in [0.3, 0.4) is 0 Å². The third-order valence-electron chi connectivity index (χ3n) is 4.06. The van der Waals surface area contributed by atoms with E-state index >= 15 is 0 Å². The van der Waals surface area contributed by atoms with Crippen LogP contribution >= 0.6 is 0 Å².